The smallest absolute Gasteiger partial charge is 0.227 e. The fourth-order valence-corrected chi connectivity index (χ4v) is 3.15. The number of guanidine groups is 1. The van der Waals surface area contributed by atoms with Gasteiger partial charge in [-0.3, -0.25) is 9.79 Å². The van der Waals surface area contributed by atoms with Crippen molar-refractivity contribution >= 4 is 11.9 Å². The summed E-state index contributed by atoms with van der Waals surface area (Å²) in [4.78, 5) is 19.3. The van der Waals surface area contributed by atoms with Crippen LogP contribution in [-0.2, 0) is 9.53 Å². The van der Waals surface area contributed by atoms with Crippen LogP contribution in [0.25, 0.3) is 0 Å². The van der Waals surface area contributed by atoms with Gasteiger partial charge in [0.1, 0.15) is 6.10 Å². The van der Waals surface area contributed by atoms with E-state index >= 15 is 0 Å². The first kappa shape index (κ1) is 21.2. The second-order valence-corrected chi connectivity index (χ2v) is 7.58. The van der Waals surface area contributed by atoms with Gasteiger partial charge in [0.15, 0.2) is 5.96 Å². The van der Waals surface area contributed by atoms with Gasteiger partial charge in [-0.25, -0.2) is 0 Å². The molecule has 0 aliphatic carbocycles. The van der Waals surface area contributed by atoms with Gasteiger partial charge in [-0.05, 0) is 45.7 Å². The number of ether oxygens (including phenoxy) is 1. The molecule has 1 aliphatic heterocycles. The zero-order chi connectivity index (χ0) is 19.9. The largest absolute Gasteiger partial charge is 0.370 e. The van der Waals surface area contributed by atoms with Crippen molar-refractivity contribution in [1.29, 1.82) is 0 Å². The van der Waals surface area contributed by atoms with Gasteiger partial charge < -0.3 is 20.3 Å². The molecular formula is C21H34N4O2. The third-order valence-electron chi connectivity index (χ3n) is 4.81. The van der Waals surface area contributed by atoms with Crippen LogP contribution in [-0.4, -0.2) is 56.1 Å². The molecule has 1 amide bonds. The molecule has 0 radical (unpaired) electrons. The van der Waals surface area contributed by atoms with Crippen molar-refractivity contribution < 1.29 is 9.53 Å². The highest BCUT2D eigenvalue weighted by atomic mass is 16.5. The molecule has 0 aromatic heterocycles. The van der Waals surface area contributed by atoms with Crippen LogP contribution < -0.4 is 10.6 Å². The number of hydrogen-bond donors (Lipinski definition) is 2. The van der Waals surface area contributed by atoms with E-state index in [-0.39, 0.29) is 12.0 Å². The fourth-order valence-electron chi connectivity index (χ4n) is 3.15. The van der Waals surface area contributed by atoms with Crippen LogP contribution in [0.3, 0.4) is 0 Å². The molecular weight excluding hydrogens is 340 g/mol. The Hall–Kier alpha value is -2.08. The lowest BCUT2D eigenvalue weighted by Crippen LogP contribution is -2.49. The number of amides is 1. The second kappa shape index (κ2) is 9.74. The van der Waals surface area contributed by atoms with Crippen molar-refractivity contribution in [2.24, 2.45) is 10.4 Å². The van der Waals surface area contributed by atoms with E-state index in [1.807, 2.05) is 26.8 Å². The summed E-state index contributed by atoms with van der Waals surface area (Å²) in [5, 5.41) is 6.26. The summed E-state index contributed by atoms with van der Waals surface area (Å²) in [7, 11) is 0. The quantitative estimate of drug-likeness (QED) is 0.593. The maximum absolute atomic E-state index is 12.3. The van der Waals surface area contributed by atoms with E-state index in [9.17, 15) is 4.79 Å². The van der Waals surface area contributed by atoms with Crippen molar-refractivity contribution in [2.75, 3.05) is 39.3 Å². The van der Waals surface area contributed by atoms with Gasteiger partial charge in [-0.2, -0.15) is 0 Å². The zero-order valence-corrected chi connectivity index (χ0v) is 17.3. The van der Waals surface area contributed by atoms with Crippen molar-refractivity contribution in [3.05, 3.63) is 35.4 Å². The van der Waals surface area contributed by atoms with Crippen LogP contribution in [0, 0.1) is 12.3 Å². The molecule has 6 heteroatoms. The Kier molecular flexibility index (Phi) is 7.66. The summed E-state index contributed by atoms with van der Waals surface area (Å²) in [5.74, 6) is 0.876. The van der Waals surface area contributed by atoms with E-state index < -0.39 is 5.41 Å². The third kappa shape index (κ3) is 5.70. The lowest BCUT2D eigenvalue weighted by Gasteiger charge is -2.36. The van der Waals surface area contributed by atoms with E-state index in [1.54, 1.807) is 0 Å². The van der Waals surface area contributed by atoms with Gasteiger partial charge in [0, 0.05) is 19.6 Å². The lowest BCUT2D eigenvalue weighted by molar-refractivity contribution is -0.128. The average molecular weight is 375 g/mol. The van der Waals surface area contributed by atoms with Crippen molar-refractivity contribution in [3.63, 3.8) is 0 Å². The van der Waals surface area contributed by atoms with Gasteiger partial charge in [-0.15, -0.1) is 0 Å². The predicted molar refractivity (Wildman–Crippen MR) is 110 cm³/mol. The summed E-state index contributed by atoms with van der Waals surface area (Å²) >= 11 is 0. The Bertz CT molecular complexity index is 657. The van der Waals surface area contributed by atoms with Gasteiger partial charge in [-0.1, -0.05) is 24.3 Å². The Morgan fingerprint density at radius 3 is 2.63 bits per heavy atom. The molecule has 0 saturated carbocycles. The Morgan fingerprint density at radius 1 is 1.26 bits per heavy atom. The molecule has 1 aromatic rings. The normalized spacial score (nSPS) is 18.3. The molecule has 150 valence electrons. The van der Waals surface area contributed by atoms with Crippen LogP contribution >= 0.6 is 0 Å². The van der Waals surface area contributed by atoms with Crippen molar-refractivity contribution in [2.45, 2.75) is 40.7 Å². The zero-order valence-electron chi connectivity index (χ0n) is 17.3. The number of nitrogens with zero attached hydrogens (tertiary/aromatic N) is 2. The Balaban J connectivity index is 2.13. The molecule has 0 bridgehead atoms. The van der Waals surface area contributed by atoms with Crippen LogP contribution in [0.5, 0.6) is 0 Å². The number of benzene rings is 1. The molecule has 1 saturated heterocycles. The summed E-state index contributed by atoms with van der Waals surface area (Å²) in [5.41, 5.74) is 1.92. The maximum atomic E-state index is 12.3. The number of carbonyl (C=O) groups excluding carboxylic acids is 1. The molecule has 1 atom stereocenters. The van der Waals surface area contributed by atoms with E-state index in [0.717, 1.165) is 25.6 Å². The predicted octanol–water partition coefficient (Wildman–Crippen LogP) is 2.50. The maximum Gasteiger partial charge on any atom is 0.227 e. The van der Waals surface area contributed by atoms with Gasteiger partial charge in [0.25, 0.3) is 0 Å². The van der Waals surface area contributed by atoms with E-state index in [4.69, 9.17) is 9.73 Å². The second-order valence-electron chi connectivity index (χ2n) is 7.58. The van der Waals surface area contributed by atoms with E-state index in [1.165, 1.54) is 11.1 Å². The van der Waals surface area contributed by atoms with Gasteiger partial charge in [0.2, 0.25) is 5.91 Å². The molecule has 1 aromatic carbocycles. The minimum atomic E-state index is -0.543. The van der Waals surface area contributed by atoms with Crippen LogP contribution in [0.2, 0.25) is 0 Å². The molecule has 0 spiro atoms. The van der Waals surface area contributed by atoms with Crippen LogP contribution in [0.4, 0.5) is 0 Å². The number of nitrogens with one attached hydrogen (secondary N) is 2. The summed E-state index contributed by atoms with van der Waals surface area (Å²) < 4.78 is 6.03. The molecule has 2 rings (SSSR count). The van der Waals surface area contributed by atoms with Crippen LogP contribution in [0.15, 0.2) is 29.3 Å². The third-order valence-corrected chi connectivity index (χ3v) is 4.81. The summed E-state index contributed by atoms with van der Waals surface area (Å²) in [6.07, 6.45) is 0.0280. The number of hydrogen-bond acceptors (Lipinski definition) is 3. The molecule has 2 N–H and O–H groups in total. The van der Waals surface area contributed by atoms with Crippen LogP contribution in [0.1, 0.15) is 44.9 Å². The minimum Gasteiger partial charge on any atom is -0.370 e. The van der Waals surface area contributed by atoms with Gasteiger partial charge >= 0.3 is 0 Å². The number of carbonyl (C=O) groups is 1. The molecule has 27 heavy (non-hydrogen) atoms. The first-order valence-corrected chi connectivity index (χ1v) is 9.87. The van der Waals surface area contributed by atoms with E-state index in [0.29, 0.717) is 19.7 Å². The fraction of sp³-hybridized carbons (Fsp3) is 0.619. The monoisotopic (exact) mass is 374 g/mol. The molecule has 1 unspecified atom stereocenters. The molecule has 1 heterocycles. The summed E-state index contributed by atoms with van der Waals surface area (Å²) in [6, 6.07) is 8.35. The number of morpholine rings is 1. The first-order chi connectivity index (χ1) is 12.9. The Labute approximate surface area is 163 Å². The lowest BCUT2D eigenvalue weighted by atomic mass is 9.92. The number of aliphatic imine (C=N–C) groups is 1. The van der Waals surface area contributed by atoms with Crippen molar-refractivity contribution in [3.8, 4) is 0 Å². The SMILES string of the molecule is CCNC(=O)C(C)(C)CN=C(NCC)N1CCOC(c2ccccc2C)C1. The molecule has 1 aliphatic rings. The number of aryl methyl sites for hydroxylation is 1. The number of rotatable bonds is 6. The first-order valence-electron chi connectivity index (χ1n) is 9.87. The van der Waals surface area contributed by atoms with E-state index in [2.05, 4.69) is 47.6 Å². The summed E-state index contributed by atoms with van der Waals surface area (Å²) in [6.45, 7) is 14.0. The highest BCUT2D eigenvalue weighted by Gasteiger charge is 2.29. The average Bonchev–Trinajstić information content (AvgIpc) is 2.66. The highest BCUT2D eigenvalue weighted by Crippen LogP contribution is 2.25. The molecule has 1 fully saturated rings. The molecule has 6 nitrogen and oxygen atoms in total. The standard InChI is InChI=1S/C21H34N4O2/c1-6-22-19(26)21(4,5)15-24-20(23-7-2)25-12-13-27-18(14-25)17-11-9-8-10-16(17)3/h8-11,18H,6-7,12-15H2,1-5H3,(H,22,26)(H,23,24). The minimum absolute atomic E-state index is 0.0280. The van der Waals surface area contributed by atoms with Gasteiger partial charge in [0.05, 0.1) is 25.1 Å². The van der Waals surface area contributed by atoms with Crippen molar-refractivity contribution in [1.82, 2.24) is 15.5 Å². The Morgan fingerprint density at radius 2 is 1.96 bits per heavy atom. The highest BCUT2D eigenvalue weighted by molar-refractivity contribution is 5.83. The topological polar surface area (TPSA) is 66.0 Å².